The van der Waals surface area contributed by atoms with Crippen molar-refractivity contribution in [1.29, 1.82) is 0 Å². The molecule has 2 fully saturated rings. The standard InChI is InChI=1S/C15H28N2O/c1-4-7-16-11(3)15(18)17-10(2)14-9-12-5-6-13(14)8-12/h10-14,16H,4-9H2,1-3H3,(H,17,18). The van der Waals surface area contributed by atoms with E-state index in [0.717, 1.165) is 30.7 Å². The number of rotatable bonds is 6. The van der Waals surface area contributed by atoms with Gasteiger partial charge in [0.2, 0.25) is 5.91 Å². The number of carbonyl (C=O) groups is 1. The van der Waals surface area contributed by atoms with Gasteiger partial charge in [-0.1, -0.05) is 13.3 Å². The zero-order valence-corrected chi connectivity index (χ0v) is 12.0. The summed E-state index contributed by atoms with van der Waals surface area (Å²) in [6.45, 7) is 7.18. The first-order valence-corrected chi connectivity index (χ1v) is 7.65. The van der Waals surface area contributed by atoms with Crippen LogP contribution in [-0.2, 0) is 4.79 Å². The highest BCUT2D eigenvalue weighted by Gasteiger charge is 2.42. The summed E-state index contributed by atoms with van der Waals surface area (Å²) in [5.74, 6) is 2.73. The molecule has 2 saturated carbocycles. The molecule has 1 amide bonds. The van der Waals surface area contributed by atoms with Crippen molar-refractivity contribution in [3.8, 4) is 0 Å². The van der Waals surface area contributed by atoms with E-state index in [1.165, 1.54) is 25.7 Å². The molecule has 2 rings (SSSR count). The first-order valence-electron chi connectivity index (χ1n) is 7.65. The van der Waals surface area contributed by atoms with E-state index in [9.17, 15) is 4.79 Å². The summed E-state index contributed by atoms with van der Waals surface area (Å²) >= 11 is 0. The Labute approximate surface area is 111 Å². The molecule has 5 atom stereocenters. The lowest BCUT2D eigenvalue weighted by atomic mass is 9.84. The maximum Gasteiger partial charge on any atom is 0.237 e. The summed E-state index contributed by atoms with van der Waals surface area (Å²) in [6, 6.07) is 0.282. The van der Waals surface area contributed by atoms with Crippen LogP contribution >= 0.6 is 0 Å². The fourth-order valence-electron chi connectivity index (χ4n) is 3.82. The van der Waals surface area contributed by atoms with Gasteiger partial charge in [0, 0.05) is 6.04 Å². The first-order chi connectivity index (χ1) is 8.61. The quantitative estimate of drug-likeness (QED) is 0.761. The van der Waals surface area contributed by atoms with Gasteiger partial charge >= 0.3 is 0 Å². The maximum absolute atomic E-state index is 12.0. The van der Waals surface area contributed by atoms with E-state index in [2.05, 4.69) is 24.5 Å². The molecule has 0 aromatic carbocycles. The Hall–Kier alpha value is -0.570. The monoisotopic (exact) mass is 252 g/mol. The van der Waals surface area contributed by atoms with Crippen LogP contribution in [0.15, 0.2) is 0 Å². The van der Waals surface area contributed by atoms with Crippen LogP contribution in [0.25, 0.3) is 0 Å². The predicted molar refractivity (Wildman–Crippen MR) is 74.3 cm³/mol. The molecule has 2 aliphatic carbocycles. The van der Waals surface area contributed by atoms with E-state index < -0.39 is 0 Å². The number of carbonyl (C=O) groups excluding carboxylic acids is 1. The van der Waals surface area contributed by atoms with E-state index in [-0.39, 0.29) is 11.9 Å². The lowest BCUT2D eigenvalue weighted by molar-refractivity contribution is -0.123. The summed E-state index contributed by atoms with van der Waals surface area (Å²) in [7, 11) is 0. The third kappa shape index (κ3) is 3.05. The number of nitrogens with one attached hydrogen (secondary N) is 2. The van der Waals surface area contributed by atoms with Gasteiger partial charge in [0.15, 0.2) is 0 Å². The lowest BCUT2D eigenvalue weighted by Crippen LogP contribution is -2.48. The molecule has 0 radical (unpaired) electrons. The molecule has 3 nitrogen and oxygen atoms in total. The smallest absolute Gasteiger partial charge is 0.237 e. The second kappa shape index (κ2) is 6.05. The molecular formula is C15H28N2O. The first kappa shape index (κ1) is 13.9. The molecule has 0 aromatic heterocycles. The summed E-state index contributed by atoms with van der Waals surface area (Å²) in [6.07, 6.45) is 6.63. The summed E-state index contributed by atoms with van der Waals surface area (Å²) in [5.41, 5.74) is 0. The average Bonchev–Trinajstić information content (AvgIpc) is 2.97. The molecule has 3 heteroatoms. The van der Waals surface area contributed by atoms with Gasteiger partial charge < -0.3 is 10.6 Å². The highest BCUT2D eigenvalue weighted by molar-refractivity contribution is 5.81. The molecule has 18 heavy (non-hydrogen) atoms. The zero-order chi connectivity index (χ0) is 13.1. The van der Waals surface area contributed by atoms with Gasteiger partial charge in [0.25, 0.3) is 0 Å². The van der Waals surface area contributed by atoms with Crippen LogP contribution in [-0.4, -0.2) is 24.5 Å². The van der Waals surface area contributed by atoms with Gasteiger partial charge in [0.05, 0.1) is 6.04 Å². The molecule has 0 spiro atoms. The van der Waals surface area contributed by atoms with E-state index in [0.29, 0.717) is 6.04 Å². The lowest BCUT2D eigenvalue weighted by Gasteiger charge is -2.29. The van der Waals surface area contributed by atoms with Crippen LogP contribution in [0.3, 0.4) is 0 Å². The molecule has 2 N–H and O–H groups in total. The molecule has 0 heterocycles. The van der Waals surface area contributed by atoms with Crippen molar-refractivity contribution in [2.75, 3.05) is 6.54 Å². The van der Waals surface area contributed by atoms with Crippen molar-refractivity contribution in [2.45, 2.75) is 65.0 Å². The maximum atomic E-state index is 12.0. The third-order valence-electron chi connectivity index (χ3n) is 4.90. The van der Waals surface area contributed by atoms with Crippen LogP contribution in [0.4, 0.5) is 0 Å². The number of amides is 1. The molecular weight excluding hydrogens is 224 g/mol. The number of hydrogen-bond donors (Lipinski definition) is 2. The topological polar surface area (TPSA) is 41.1 Å². The zero-order valence-electron chi connectivity index (χ0n) is 12.0. The van der Waals surface area contributed by atoms with Crippen LogP contribution in [0.2, 0.25) is 0 Å². The number of hydrogen-bond acceptors (Lipinski definition) is 2. The van der Waals surface area contributed by atoms with E-state index in [1.807, 2.05) is 6.92 Å². The van der Waals surface area contributed by atoms with Crippen molar-refractivity contribution in [3.63, 3.8) is 0 Å². The Bertz CT molecular complexity index is 292. The SMILES string of the molecule is CCCNC(C)C(=O)NC(C)C1CC2CCC1C2. The summed E-state index contributed by atoms with van der Waals surface area (Å²) < 4.78 is 0. The van der Waals surface area contributed by atoms with Crippen LogP contribution in [0.1, 0.15) is 52.9 Å². The van der Waals surface area contributed by atoms with Crippen molar-refractivity contribution in [2.24, 2.45) is 17.8 Å². The van der Waals surface area contributed by atoms with E-state index in [1.54, 1.807) is 0 Å². The molecule has 5 unspecified atom stereocenters. The minimum atomic E-state index is -0.0639. The molecule has 0 saturated heterocycles. The van der Waals surface area contributed by atoms with Gasteiger partial charge in [-0.3, -0.25) is 4.79 Å². The Kier molecular flexibility index (Phi) is 4.66. The van der Waals surface area contributed by atoms with E-state index >= 15 is 0 Å². The van der Waals surface area contributed by atoms with Crippen molar-refractivity contribution in [1.82, 2.24) is 10.6 Å². The third-order valence-corrected chi connectivity index (χ3v) is 4.90. The van der Waals surface area contributed by atoms with Gasteiger partial charge in [-0.25, -0.2) is 0 Å². The Morgan fingerprint density at radius 1 is 1.28 bits per heavy atom. The van der Waals surface area contributed by atoms with Crippen molar-refractivity contribution in [3.05, 3.63) is 0 Å². The van der Waals surface area contributed by atoms with Crippen LogP contribution in [0.5, 0.6) is 0 Å². The minimum absolute atomic E-state index is 0.0639. The van der Waals surface area contributed by atoms with Crippen LogP contribution in [0, 0.1) is 17.8 Å². The predicted octanol–water partition coefficient (Wildman–Crippen LogP) is 2.32. The average molecular weight is 252 g/mol. The summed E-state index contributed by atoms with van der Waals surface area (Å²) in [4.78, 5) is 12.0. The van der Waals surface area contributed by atoms with Gasteiger partial charge in [-0.2, -0.15) is 0 Å². The van der Waals surface area contributed by atoms with Gasteiger partial charge in [-0.15, -0.1) is 0 Å². The van der Waals surface area contributed by atoms with E-state index in [4.69, 9.17) is 0 Å². The highest BCUT2D eigenvalue weighted by atomic mass is 16.2. The largest absolute Gasteiger partial charge is 0.352 e. The minimum Gasteiger partial charge on any atom is -0.352 e. The highest BCUT2D eigenvalue weighted by Crippen LogP contribution is 2.49. The second-order valence-corrected chi connectivity index (χ2v) is 6.31. The molecule has 2 bridgehead atoms. The Morgan fingerprint density at radius 2 is 2.06 bits per heavy atom. The summed E-state index contributed by atoms with van der Waals surface area (Å²) in [5, 5.41) is 6.46. The fourth-order valence-corrected chi connectivity index (χ4v) is 3.82. The second-order valence-electron chi connectivity index (χ2n) is 6.31. The molecule has 0 aliphatic heterocycles. The van der Waals surface area contributed by atoms with Gasteiger partial charge in [0.1, 0.15) is 0 Å². The van der Waals surface area contributed by atoms with Gasteiger partial charge in [-0.05, 0) is 63.8 Å². The Balaban J connectivity index is 1.76. The fraction of sp³-hybridized carbons (Fsp3) is 0.933. The van der Waals surface area contributed by atoms with Crippen molar-refractivity contribution < 1.29 is 4.79 Å². The molecule has 0 aromatic rings. The Morgan fingerprint density at radius 3 is 2.61 bits per heavy atom. The normalized spacial score (nSPS) is 33.4. The molecule has 2 aliphatic rings. The molecule has 104 valence electrons. The van der Waals surface area contributed by atoms with Crippen LogP contribution < -0.4 is 10.6 Å². The van der Waals surface area contributed by atoms with Crippen molar-refractivity contribution >= 4 is 5.91 Å². The number of fused-ring (bicyclic) bond motifs is 2.